The molecule has 0 saturated heterocycles. The van der Waals surface area contributed by atoms with E-state index in [0.717, 1.165) is 10.9 Å². The monoisotopic (exact) mass is 367 g/mol. The van der Waals surface area contributed by atoms with Crippen molar-refractivity contribution < 1.29 is 18.0 Å². The Labute approximate surface area is 139 Å². The van der Waals surface area contributed by atoms with Gasteiger partial charge < -0.3 is 4.84 Å². The summed E-state index contributed by atoms with van der Waals surface area (Å²) >= 11 is 12.9. The highest BCUT2D eigenvalue weighted by atomic mass is 35.5. The van der Waals surface area contributed by atoms with E-state index >= 15 is 0 Å². The standard InChI is InChI=1S/C14H10Cl2F3NOS/c1-8(20-21-7-10-3-5-13(16)22-10)11-6-9(15)2-4-12(11)14(17,18)19/h2-6H,7H2,1H3/b20-8+. The van der Waals surface area contributed by atoms with Crippen molar-refractivity contribution in [1.29, 1.82) is 0 Å². The van der Waals surface area contributed by atoms with E-state index in [2.05, 4.69) is 5.16 Å². The van der Waals surface area contributed by atoms with Crippen molar-refractivity contribution in [2.45, 2.75) is 19.7 Å². The van der Waals surface area contributed by atoms with E-state index in [1.54, 1.807) is 12.1 Å². The number of oxime groups is 1. The molecule has 0 bridgehead atoms. The van der Waals surface area contributed by atoms with E-state index in [9.17, 15) is 13.2 Å². The summed E-state index contributed by atoms with van der Waals surface area (Å²) in [5, 5.41) is 3.93. The van der Waals surface area contributed by atoms with Crippen LogP contribution in [0.2, 0.25) is 9.36 Å². The van der Waals surface area contributed by atoms with Crippen LogP contribution in [0.3, 0.4) is 0 Å². The first-order valence-electron chi connectivity index (χ1n) is 6.05. The minimum Gasteiger partial charge on any atom is -0.390 e. The second kappa shape index (κ2) is 6.89. The van der Waals surface area contributed by atoms with Crippen LogP contribution in [0.1, 0.15) is 22.9 Å². The van der Waals surface area contributed by atoms with E-state index in [1.807, 2.05) is 0 Å². The molecule has 118 valence electrons. The van der Waals surface area contributed by atoms with Crippen molar-refractivity contribution in [3.63, 3.8) is 0 Å². The van der Waals surface area contributed by atoms with Gasteiger partial charge in [0.05, 0.1) is 15.6 Å². The molecule has 1 aromatic carbocycles. The molecular weight excluding hydrogens is 358 g/mol. The van der Waals surface area contributed by atoms with Gasteiger partial charge in [-0.25, -0.2) is 0 Å². The molecule has 22 heavy (non-hydrogen) atoms. The molecule has 1 heterocycles. The van der Waals surface area contributed by atoms with Gasteiger partial charge in [0, 0.05) is 15.5 Å². The van der Waals surface area contributed by atoms with Gasteiger partial charge in [0.25, 0.3) is 0 Å². The topological polar surface area (TPSA) is 21.6 Å². The molecule has 2 nitrogen and oxygen atoms in total. The third-order valence-corrected chi connectivity index (χ3v) is 4.15. The first-order chi connectivity index (χ1) is 10.3. The zero-order valence-electron chi connectivity index (χ0n) is 11.2. The van der Waals surface area contributed by atoms with E-state index in [1.165, 1.54) is 30.4 Å². The molecule has 0 N–H and O–H groups in total. The number of hydrogen-bond acceptors (Lipinski definition) is 3. The van der Waals surface area contributed by atoms with E-state index < -0.39 is 11.7 Å². The number of thiophene rings is 1. The lowest BCUT2D eigenvalue weighted by molar-refractivity contribution is -0.137. The number of hydrogen-bond donors (Lipinski definition) is 0. The molecule has 0 unspecified atom stereocenters. The molecule has 0 radical (unpaired) electrons. The molecule has 0 spiro atoms. The molecule has 0 aliphatic heterocycles. The van der Waals surface area contributed by atoms with Gasteiger partial charge >= 0.3 is 6.18 Å². The van der Waals surface area contributed by atoms with Crippen LogP contribution >= 0.6 is 34.5 Å². The fourth-order valence-corrected chi connectivity index (χ4v) is 2.90. The summed E-state index contributed by atoms with van der Waals surface area (Å²) in [4.78, 5) is 5.91. The summed E-state index contributed by atoms with van der Waals surface area (Å²) < 4.78 is 39.5. The van der Waals surface area contributed by atoms with Gasteiger partial charge in [0.1, 0.15) is 0 Å². The van der Waals surface area contributed by atoms with Crippen LogP contribution in [0, 0.1) is 0 Å². The molecule has 1 aromatic heterocycles. The summed E-state index contributed by atoms with van der Waals surface area (Å²) in [6, 6.07) is 6.80. The molecule has 0 aliphatic carbocycles. The molecule has 0 aliphatic rings. The Hall–Kier alpha value is -1.24. The predicted octanol–water partition coefficient (Wildman–Crippen LogP) is 6.01. The molecule has 2 rings (SSSR count). The Morgan fingerprint density at radius 3 is 2.55 bits per heavy atom. The fraction of sp³-hybridized carbons (Fsp3) is 0.214. The van der Waals surface area contributed by atoms with Gasteiger partial charge in [-0.05, 0) is 37.3 Å². The highest BCUT2D eigenvalue weighted by Gasteiger charge is 2.34. The zero-order chi connectivity index (χ0) is 16.3. The van der Waals surface area contributed by atoms with Crippen molar-refractivity contribution in [1.82, 2.24) is 0 Å². The number of benzene rings is 1. The minimum absolute atomic E-state index is 0.0949. The van der Waals surface area contributed by atoms with E-state index in [0.29, 0.717) is 4.34 Å². The van der Waals surface area contributed by atoms with Gasteiger partial charge in [-0.2, -0.15) is 13.2 Å². The summed E-state index contributed by atoms with van der Waals surface area (Å²) in [5.74, 6) is 0. The van der Waals surface area contributed by atoms with Crippen LogP contribution in [-0.2, 0) is 17.6 Å². The maximum absolute atomic E-state index is 13.0. The Bertz CT molecular complexity index is 698. The second-order valence-corrected chi connectivity index (χ2v) is 6.58. The fourth-order valence-electron chi connectivity index (χ4n) is 1.73. The van der Waals surface area contributed by atoms with Crippen molar-refractivity contribution in [3.05, 3.63) is 55.7 Å². The van der Waals surface area contributed by atoms with Crippen molar-refractivity contribution in [2.75, 3.05) is 0 Å². The van der Waals surface area contributed by atoms with Crippen molar-refractivity contribution in [2.24, 2.45) is 5.16 Å². The van der Waals surface area contributed by atoms with Gasteiger partial charge in [-0.3, -0.25) is 0 Å². The molecule has 0 fully saturated rings. The Balaban J connectivity index is 2.19. The molecule has 2 aromatic rings. The molecule has 0 atom stereocenters. The van der Waals surface area contributed by atoms with Gasteiger partial charge in [0.2, 0.25) is 0 Å². The van der Waals surface area contributed by atoms with E-state index in [4.69, 9.17) is 28.0 Å². The predicted molar refractivity (Wildman–Crippen MR) is 82.8 cm³/mol. The molecule has 0 amide bonds. The third kappa shape index (κ3) is 4.38. The lowest BCUT2D eigenvalue weighted by Crippen LogP contribution is -2.12. The second-order valence-electron chi connectivity index (χ2n) is 4.34. The highest BCUT2D eigenvalue weighted by molar-refractivity contribution is 7.16. The average Bonchev–Trinajstić information content (AvgIpc) is 2.83. The summed E-state index contributed by atoms with van der Waals surface area (Å²) in [5.41, 5.74) is -0.817. The van der Waals surface area contributed by atoms with Crippen LogP contribution < -0.4 is 0 Å². The Morgan fingerprint density at radius 1 is 1.23 bits per heavy atom. The molecular formula is C14H10Cl2F3NOS. The van der Waals surface area contributed by atoms with Crippen molar-refractivity contribution in [3.8, 4) is 0 Å². The lowest BCUT2D eigenvalue weighted by Gasteiger charge is -2.12. The van der Waals surface area contributed by atoms with Crippen LogP contribution in [0.4, 0.5) is 13.2 Å². The SMILES string of the molecule is C/C(=N\OCc1ccc(Cl)s1)c1cc(Cl)ccc1C(F)(F)F. The van der Waals surface area contributed by atoms with E-state index in [-0.39, 0.29) is 22.9 Å². The highest BCUT2D eigenvalue weighted by Crippen LogP contribution is 2.33. The summed E-state index contributed by atoms with van der Waals surface area (Å²) in [6.45, 7) is 1.57. The lowest BCUT2D eigenvalue weighted by atomic mass is 10.0. The average molecular weight is 368 g/mol. The van der Waals surface area contributed by atoms with Crippen molar-refractivity contribution >= 4 is 40.3 Å². The number of nitrogens with zero attached hydrogens (tertiary/aromatic N) is 1. The number of rotatable bonds is 4. The Kier molecular flexibility index (Phi) is 5.36. The molecule has 0 saturated carbocycles. The quantitative estimate of drug-likeness (QED) is 0.478. The van der Waals surface area contributed by atoms with Crippen LogP contribution in [-0.4, -0.2) is 5.71 Å². The Morgan fingerprint density at radius 2 is 1.95 bits per heavy atom. The smallest absolute Gasteiger partial charge is 0.390 e. The van der Waals surface area contributed by atoms with Gasteiger partial charge in [-0.15, -0.1) is 11.3 Å². The molecule has 8 heteroatoms. The normalized spacial score (nSPS) is 12.5. The summed E-state index contributed by atoms with van der Waals surface area (Å²) in [6.07, 6.45) is -4.49. The first kappa shape index (κ1) is 17.1. The number of alkyl halides is 3. The minimum atomic E-state index is -4.49. The zero-order valence-corrected chi connectivity index (χ0v) is 13.6. The van der Waals surface area contributed by atoms with Gasteiger partial charge in [-0.1, -0.05) is 28.4 Å². The number of halogens is 5. The third-order valence-electron chi connectivity index (χ3n) is 2.71. The summed E-state index contributed by atoms with van der Waals surface area (Å²) in [7, 11) is 0. The van der Waals surface area contributed by atoms with Gasteiger partial charge in [0.15, 0.2) is 6.61 Å². The maximum Gasteiger partial charge on any atom is 0.417 e. The first-order valence-corrected chi connectivity index (χ1v) is 7.62. The van der Waals surface area contributed by atoms with Crippen LogP contribution in [0.15, 0.2) is 35.5 Å². The van der Waals surface area contributed by atoms with Crippen LogP contribution in [0.25, 0.3) is 0 Å². The van der Waals surface area contributed by atoms with Crippen LogP contribution in [0.5, 0.6) is 0 Å². The largest absolute Gasteiger partial charge is 0.417 e. The maximum atomic E-state index is 13.0.